The maximum absolute atomic E-state index is 12.8. The molecule has 1 heterocycles. The first kappa shape index (κ1) is 18.0. The number of anilines is 1. The molecule has 1 aromatic heterocycles. The molecule has 0 aliphatic heterocycles. The highest BCUT2D eigenvalue weighted by atomic mass is 16.6. The van der Waals surface area contributed by atoms with Crippen molar-refractivity contribution in [3.63, 3.8) is 0 Å². The lowest BCUT2D eigenvalue weighted by atomic mass is 10.2. The predicted octanol–water partition coefficient (Wildman–Crippen LogP) is 4.24. The van der Waals surface area contributed by atoms with E-state index >= 15 is 0 Å². The highest BCUT2D eigenvalue weighted by Gasteiger charge is 2.15. The molecule has 0 bridgehead atoms. The van der Waals surface area contributed by atoms with E-state index in [-0.39, 0.29) is 11.6 Å². The molecule has 6 heteroatoms. The summed E-state index contributed by atoms with van der Waals surface area (Å²) in [6.45, 7) is 0.390. The van der Waals surface area contributed by atoms with Crippen molar-refractivity contribution >= 4 is 23.5 Å². The summed E-state index contributed by atoms with van der Waals surface area (Å²) in [5, 5.41) is 10.7. The number of aromatic nitrogens is 1. The van der Waals surface area contributed by atoms with E-state index in [2.05, 4.69) is 4.98 Å². The molecular formula is C21H17N3O3. The van der Waals surface area contributed by atoms with Crippen molar-refractivity contribution in [3.05, 3.63) is 106 Å². The quantitative estimate of drug-likeness (QED) is 0.375. The maximum Gasteiger partial charge on any atom is 0.269 e. The Morgan fingerprint density at radius 2 is 1.70 bits per heavy atom. The Labute approximate surface area is 156 Å². The summed E-state index contributed by atoms with van der Waals surface area (Å²) >= 11 is 0. The minimum Gasteiger partial charge on any atom is -0.289 e. The SMILES string of the molecule is O=C(C=Cc1ccc([N+](=O)[O-])cc1)N(Cc1ccccc1)c1ccccn1. The molecule has 0 unspecified atom stereocenters. The molecule has 3 aromatic rings. The van der Waals surface area contributed by atoms with Crippen molar-refractivity contribution in [1.29, 1.82) is 0 Å². The van der Waals surface area contributed by atoms with Crippen LogP contribution in [0.2, 0.25) is 0 Å². The molecule has 27 heavy (non-hydrogen) atoms. The second-order valence-electron chi connectivity index (χ2n) is 5.78. The van der Waals surface area contributed by atoms with Gasteiger partial charge in [0.2, 0.25) is 0 Å². The molecule has 0 radical (unpaired) electrons. The van der Waals surface area contributed by atoms with E-state index in [0.29, 0.717) is 17.9 Å². The number of nitro benzene ring substituents is 1. The average Bonchev–Trinajstić information content (AvgIpc) is 2.72. The van der Waals surface area contributed by atoms with Crippen molar-refractivity contribution < 1.29 is 9.72 Å². The molecule has 0 aliphatic rings. The summed E-state index contributed by atoms with van der Waals surface area (Å²) in [6, 6.07) is 21.1. The standard InChI is InChI=1S/C21H17N3O3/c25-21(14-11-17-9-12-19(13-10-17)24(26)27)23(20-8-4-5-15-22-20)16-18-6-2-1-3-7-18/h1-15H,16H2. The second kappa shape index (κ2) is 8.53. The number of non-ortho nitro benzene ring substituents is 1. The van der Waals surface area contributed by atoms with E-state index in [1.165, 1.54) is 18.2 Å². The van der Waals surface area contributed by atoms with Gasteiger partial charge in [0, 0.05) is 24.4 Å². The third-order valence-corrected chi connectivity index (χ3v) is 3.90. The van der Waals surface area contributed by atoms with E-state index < -0.39 is 4.92 Å². The number of nitrogens with zero attached hydrogens (tertiary/aromatic N) is 3. The summed E-state index contributed by atoms with van der Waals surface area (Å²) in [4.78, 5) is 28.9. The van der Waals surface area contributed by atoms with Crippen LogP contribution in [-0.4, -0.2) is 15.8 Å². The Hall–Kier alpha value is -3.80. The molecule has 0 atom stereocenters. The molecule has 0 spiro atoms. The fourth-order valence-corrected chi connectivity index (χ4v) is 2.52. The summed E-state index contributed by atoms with van der Waals surface area (Å²) in [5.41, 5.74) is 1.70. The number of nitro groups is 1. The van der Waals surface area contributed by atoms with Crippen LogP contribution in [0, 0.1) is 10.1 Å². The van der Waals surface area contributed by atoms with Gasteiger partial charge in [-0.15, -0.1) is 0 Å². The number of amides is 1. The fourth-order valence-electron chi connectivity index (χ4n) is 2.52. The molecule has 0 saturated carbocycles. The minimum atomic E-state index is -0.457. The number of pyridine rings is 1. The lowest BCUT2D eigenvalue weighted by molar-refractivity contribution is -0.384. The highest BCUT2D eigenvalue weighted by Crippen LogP contribution is 2.16. The first-order chi connectivity index (χ1) is 13.1. The number of benzene rings is 2. The highest BCUT2D eigenvalue weighted by molar-refractivity contribution is 6.03. The van der Waals surface area contributed by atoms with E-state index in [4.69, 9.17) is 0 Å². The van der Waals surface area contributed by atoms with Gasteiger partial charge in [0.25, 0.3) is 11.6 Å². The van der Waals surface area contributed by atoms with Crippen LogP contribution in [0.1, 0.15) is 11.1 Å². The molecular weight excluding hydrogens is 342 g/mol. The van der Waals surface area contributed by atoms with Gasteiger partial charge in [-0.05, 0) is 41.5 Å². The smallest absolute Gasteiger partial charge is 0.269 e. The Bertz CT molecular complexity index is 939. The lowest BCUT2D eigenvalue weighted by Gasteiger charge is -2.20. The predicted molar refractivity (Wildman–Crippen MR) is 104 cm³/mol. The van der Waals surface area contributed by atoms with Gasteiger partial charge in [0.15, 0.2) is 0 Å². The fraction of sp³-hybridized carbons (Fsp3) is 0.0476. The first-order valence-corrected chi connectivity index (χ1v) is 8.32. The number of carbonyl (C=O) groups is 1. The molecule has 1 amide bonds. The van der Waals surface area contributed by atoms with E-state index in [0.717, 1.165) is 5.56 Å². The van der Waals surface area contributed by atoms with E-state index in [1.54, 1.807) is 41.4 Å². The normalized spacial score (nSPS) is 10.7. The molecule has 2 aromatic carbocycles. The molecule has 3 rings (SSSR count). The van der Waals surface area contributed by atoms with Crippen LogP contribution >= 0.6 is 0 Å². The summed E-state index contributed by atoms with van der Waals surface area (Å²) in [5.74, 6) is 0.329. The minimum absolute atomic E-state index is 0.0117. The number of hydrogen-bond acceptors (Lipinski definition) is 4. The zero-order valence-corrected chi connectivity index (χ0v) is 14.4. The summed E-state index contributed by atoms with van der Waals surface area (Å²) in [6.07, 6.45) is 4.71. The molecule has 0 saturated heterocycles. The van der Waals surface area contributed by atoms with Gasteiger partial charge in [-0.3, -0.25) is 19.8 Å². The first-order valence-electron chi connectivity index (χ1n) is 8.32. The number of hydrogen-bond donors (Lipinski definition) is 0. The van der Waals surface area contributed by atoms with Gasteiger partial charge in [-0.25, -0.2) is 4.98 Å². The second-order valence-corrected chi connectivity index (χ2v) is 5.78. The molecule has 0 fully saturated rings. The van der Waals surface area contributed by atoms with Gasteiger partial charge in [-0.2, -0.15) is 0 Å². The third kappa shape index (κ3) is 4.85. The van der Waals surface area contributed by atoms with Crippen LogP contribution in [0.5, 0.6) is 0 Å². The van der Waals surface area contributed by atoms with Crippen LogP contribution in [0.15, 0.2) is 85.1 Å². The Morgan fingerprint density at radius 3 is 2.33 bits per heavy atom. The molecule has 134 valence electrons. The van der Waals surface area contributed by atoms with E-state index in [1.807, 2.05) is 36.4 Å². The Morgan fingerprint density at radius 1 is 1.00 bits per heavy atom. The van der Waals surface area contributed by atoms with Gasteiger partial charge in [0.1, 0.15) is 5.82 Å². The monoisotopic (exact) mass is 359 g/mol. The average molecular weight is 359 g/mol. The largest absolute Gasteiger partial charge is 0.289 e. The van der Waals surface area contributed by atoms with Crippen molar-refractivity contribution in [2.75, 3.05) is 4.90 Å². The van der Waals surface area contributed by atoms with Crippen molar-refractivity contribution in [3.8, 4) is 0 Å². The third-order valence-electron chi connectivity index (χ3n) is 3.90. The van der Waals surface area contributed by atoms with Crippen LogP contribution < -0.4 is 4.90 Å². The van der Waals surface area contributed by atoms with Crippen molar-refractivity contribution in [2.24, 2.45) is 0 Å². The van der Waals surface area contributed by atoms with Gasteiger partial charge >= 0.3 is 0 Å². The zero-order chi connectivity index (χ0) is 19.1. The summed E-state index contributed by atoms with van der Waals surface area (Å²) < 4.78 is 0. The van der Waals surface area contributed by atoms with Crippen LogP contribution in [0.4, 0.5) is 11.5 Å². The Kier molecular flexibility index (Phi) is 5.69. The van der Waals surface area contributed by atoms with Crippen molar-refractivity contribution in [2.45, 2.75) is 6.54 Å². The summed E-state index contributed by atoms with van der Waals surface area (Å²) in [7, 11) is 0. The number of rotatable bonds is 6. The molecule has 0 N–H and O–H groups in total. The van der Waals surface area contributed by atoms with Gasteiger partial charge in [-0.1, -0.05) is 36.4 Å². The topological polar surface area (TPSA) is 76.3 Å². The molecule has 6 nitrogen and oxygen atoms in total. The lowest BCUT2D eigenvalue weighted by Crippen LogP contribution is -2.29. The van der Waals surface area contributed by atoms with Crippen LogP contribution in [0.25, 0.3) is 6.08 Å². The van der Waals surface area contributed by atoms with Gasteiger partial charge in [0.05, 0.1) is 11.5 Å². The number of carbonyl (C=O) groups excluding carboxylic acids is 1. The van der Waals surface area contributed by atoms with Crippen molar-refractivity contribution in [1.82, 2.24) is 4.98 Å². The molecule has 0 aliphatic carbocycles. The Balaban J connectivity index is 1.81. The van der Waals surface area contributed by atoms with Crippen LogP contribution in [0.3, 0.4) is 0 Å². The maximum atomic E-state index is 12.8. The van der Waals surface area contributed by atoms with Gasteiger partial charge < -0.3 is 0 Å². The van der Waals surface area contributed by atoms with E-state index in [9.17, 15) is 14.9 Å². The zero-order valence-electron chi connectivity index (χ0n) is 14.4. The van der Waals surface area contributed by atoms with Crippen LogP contribution in [-0.2, 0) is 11.3 Å².